The van der Waals surface area contributed by atoms with Crippen molar-refractivity contribution < 1.29 is 14.7 Å². The fraction of sp³-hybridized carbons (Fsp3) is 0.833. The second-order valence-corrected chi connectivity index (χ2v) is 4.98. The molecule has 0 aromatic carbocycles. The summed E-state index contributed by atoms with van der Waals surface area (Å²) in [6.07, 6.45) is 3.92. The number of carbonyl (C=O) groups excluding carboxylic acids is 1. The maximum absolute atomic E-state index is 11.5. The molecule has 0 saturated heterocycles. The zero-order chi connectivity index (χ0) is 12.1. The third kappa shape index (κ3) is 4.21. The van der Waals surface area contributed by atoms with E-state index in [1.165, 1.54) is 0 Å². The first-order chi connectivity index (χ1) is 7.49. The Morgan fingerprint density at radius 3 is 2.25 bits per heavy atom. The van der Waals surface area contributed by atoms with E-state index in [2.05, 4.69) is 5.32 Å². The average Bonchev–Trinajstić information content (AvgIpc) is 2.20. The van der Waals surface area contributed by atoms with E-state index in [1.807, 2.05) is 13.8 Å². The summed E-state index contributed by atoms with van der Waals surface area (Å²) in [5, 5.41) is 11.7. The van der Waals surface area contributed by atoms with Crippen LogP contribution in [0.1, 0.15) is 46.0 Å². The number of hydrogen-bond donors (Lipinski definition) is 2. The maximum atomic E-state index is 11.5. The zero-order valence-electron chi connectivity index (χ0n) is 10.0. The van der Waals surface area contributed by atoms with Crippen LogP contribution in [0.2, 0.25) is 0 Å². The van der Waals surface area contributed by atoms with E-state index in [9.17, 15) is 9.59 Å². The summed E-state index contributed by atoms with van der Waals surface area (Å²) in [7, 11) is 0. The minimum Gasteiger partial charge on any atom is -0.481 e. The van der Waals surface area contributed by atoms with E-state index in [-0.39, 0.29) is 24.3 Å². The normalized spacial score (nSPS) is 25.4. The Kier molecular flexibility index (Phi) is 4.77. The van der Waals surface area contributed by atoms with Crippen molar-refractivity contribution in [2.24, 2.45) is 11.8 Å². The smallest absolute Gasteiger partial charge is 0.303 e. The fourth-order valence-corrected chi connectivity index (χ4v) is 2.13. The van der Waals surface area contributed by atoms with E-state index < -0.39 is 5.97 Å². The van der Waals surface area contributed by atoms with Crippen LogP contribution >= 0.6 is 0 Å². The lowest BCUT2D eigenvalue weighted by Gasteiger charge is -2.28. The quantitative estimate of drug-likeness (QED) is 0.769. The average molecular weight is 227 g/mol. The molecule has 0 heterocycles. The molecule has 1 aliphatic carbocycles. The number of carbonyl (C=O) groups is 2. The molecular weight excluding hydrogens is 206 g/mol. The highest BCUT2D eigenvalue weighted by molar-refractivity contribution is 5.78. The Labute approximate surface area is 96.4 Å². The fourth-order valence-electron chi connectivity index (χ4n) is 2.13. The highest BCUT2D eigenvalue weighted by Gasteiger charge is 2.24. The molecule has 0 bridgehead atoms. The zero-order valence-corrected chi connectivity index (χ0v) is 10.0. The number of hydrogen-bond acceptors (Lipinski definition) is 2. The number of rotatable bonds is 4. The Morgan fingerprint density at radius 2 is 1.81 bits per heavy atom. The van der Waals surface area contributed by atoms with Crippen LogP contribution in [0.5, 0.6) is 0 Å². The van der Waals surface area contributed by atoms with Gasteiger partial charge in [0.1, 0.15) is 0 Å². The number of carboxylic acids is 1. The van der Waals surface area contributed by atoms with Crippen molar-refractivity contribution in [3.63, 3.8) is 0 Å². The second-order valence-electron chi connectivity index (χ2n) is 4.98. The third-order valence-electron chi connectivity index (χ3n) is 3.18. The highest BCUT2D eigenvalue weighted by Crippen LogP contribution is 2.26. The molecule has 2 N–H and O–H groups in total. The lowest BCUT2D eigenvalue weighted by atomic mass is 9.84. The third-order valence-corrected chi connectivity index (χ3v) is 3.18. The van der Waals surface area contributed by atoms with Gasteiger partial charge in [0.2, 0.25) is 5.91 Å². The van der Waals surface area contributed by atoms with Crippen molar-refractivity contribution >= 4 is 11.9 Å². The van der Waals surface area contributed by atoms with E-state index in [0.717, 1.165) is 25.7 Å². The molecule has 0 radical (unpaired) electrons. The number of carboxylic acid groups (broad SMARTS) is 1. The first-order valence-electron chi connectivity index (χ1n) is 6.01. The standard InChI is InChI=1S/C12H21NO3/c1-8(2)12(16)13-10-5-3-9(4-6-10)7-11(14)15/h8-10H,3-7H2,1-2H3,(H,13,16)(H,14,15). The van der Waals surface area contributed by atoms with Gasteiger partial charge >= 0.3 is 5.97 Å². The first-order valence-corrected chi connectivity index (χ1v) is 6.01. The summed E-state index contributed by atoms with van der Waals surface area (Å²) >= 11 is 0. The van der Waals surface area contributed by atoms with Crippen LogP contribution in [0.4, 0.5) is 0 Å². The molecule has 1 aliphatic rings. The van der Waals surface area contributed by atoms with Gasteiger partial charge in [0.05, 0.1) is 0 Å². The molecule has 4 nitrogen and oxygen atoms in total. The lowest BCUT2D eigenvalue weighted by Crippen LogP contribution is -2.39. The highest BCUT2D eigenvalue weighted by atomic mass is 16.4. The van der Waals surface area contributed by atoms with E-state index >= 15 is 0 Å². The van der Waals surface area contributed by atoms with Crippen LogP contribution in [-0.4, -0.2) is 23.0 Å². The van der Waals surface area contributed by atoms with E-state index in [4.69, 9.17) is 5.11 Å². The second kappa shape index (κ2) is 5.87. The van der Waals surface area contributed by atoms with Gasteiger partial charge in [-0.3, -0.25) is 9.59 Å². The number of amides is 1. The molecule has 0 atom stereocenters. The van der Waals surface area contributed by atoms with Crippen LogP contribution in [0.3, 0.4) is 0 Å². The first kappa shape index (κ1) is 13.0. The molecular formula is C12H21NO3. The molecule has 0 aromatic heterocycles. The Balaban J connectivity index is 2.27. The monoisotopic (exact) mass is 227 g/mol. The van der Waals surface area contributed by atoms with Gasteiger partial charge < -0.3 is 10.4 Å². The molecule has 1 fully saturated rings. The molecule has 0 unspecified atom stereocenters. The summed E-state index contributed by atoms with van der Waals surface area (Å²) in [6, 6.07) is 0.250. The molecule has 1 saturated carbocycles. The largest absolute Gasteiger partial charge is 0.481 e. The van der Waals surface area contributed by atoms with Gasteiger partial charge in [-0.15, -0.1) is 0 Å². The van der Waals surface area contributed by atoms with E-state index in [1.54, 1.807) is 0 Å². The lowest BCUT2D eigenvalue weighted by molar-refractivity contribution is -0.138. The molecule has 92 valence electrons. The predicted octanol–water partition coefficient (Wildman–Crippen LogP) is 1.79. The van der Waals surface area contributed by atoms with Crippen LogP contribution in [0.15, 0.2) is 0 Å². The van der Waals surface area contributed by atoms with Gasteiger partial charge in [-0.25, -0.2) is 0 Å². The van der Waals surface area contributed by atoms with Crippen molar-refractivity contribution in [2.75, 3.05) is 0 Å². The predicted molar refractivity (Wildman–Crippen MR) is 61.0 cm³/mol. The Bertz CT molecular complexity index is 255. The summed E-state index contributed by atoms with van der Waals surface area (Å²) in [6.45, 7) is 3.76. The topological polar surface area (TPSA) is 66.4 Å². The van der Waals surface area contributed by atoms with Gasteiger partial charge in [-0.2, -0.15) is 0 Å². The van der Waals surface area contributed by atoms with E-state index in [0.29, 0.717) is 5.92 Å². The van der Waals surface area contributed by atoms with Gasteiger partial charge in [-0.1, -0.05) is 13.8 Å². The molecule has 4 heteroatoms. The number of aliphatic carboxylic acids is 1. The van der Waals surface area contributed by atoms with Gasteiger partial charge in [0, 0.05) is 18.4 Å². The SMILES string of the molecule is CC(C)C(=O)NC1CCC(CC(=O)O)CC1. The molecule has 0 aliphatic heterocycles. The van der Waals surface area contributed by atoms with Gasteiger partial charge in [-0.05, 0) is 31.6 Å². The van der Waals surface area contributed by atoms with Crippen LogP contribution < -0.4 is 5.32 Å². The van der Waals surface area contributed by atoms with Crippen LogP contribution in [0.25, 0.3) is 0 Å². The van der Waals surface area contributed by atoms with Crippen molar-refractivity contribution in [3.8, 4) is 0 Å². The van der Waals surface area contributed by atoms with Crippen LogP contribution in [0, 0.1) is 11.8 Å². The maximum Gasteiger partial charge on any atom is 0.303 e. The van der Waals surface area contributed by atoms with Crippen LogP contribution in [-0.2, 0) is 9.59 Å². The minimum absolute atomic E-state index is 0.0248. The summed E-state index contributed by atoms with van der Waals surface area (Å²) in [5.74, 6) is -0.294. The van der Waals surface area contributed by atoms with Gasteiger partial charge in [0.25, 0.3) is 0 Å². The Hall–Kier alpha value is -1.06. The molecule has 1 amide bonds. The summed E-state index contributed by atoms with van der Waals surface area (Å²) < 4.78 is 0. The van der Waals surface area contributed by atoms with Gasteiger partial charge in [0.15, 0.2) is 0 Å². The van der Waals surface area contributed by atoms with Crippen molar-refractivity contribution in [2.45, 2.75) is 52.0 Å². The molecule has 0 spiro atoms. The summed E-state index contributed by atoms with van der Waals surface area (Å²) in [5.41, 5.74) is 0. The van der Waals surface area contributed by atoms with Crippen molar-refractivity contribution in [3.05, 3.63) is 0 Å². The summed E-state index contributed by atoms with van der Waals surface area (Å²) in [4.78, 5) is 22.0. The van der Waals surface area contributed by atoms with Crippen molar-refractivity contribution in [1.82, 2.24) is 5.32 Å². The Morgan fingerprint density at radius 1 is 1.25 bits per heavy atom. The molecule has 16 heavy (non-hydrogen) atoms. The molecule has 0 aromatic rings. The van der Waals surface area contributed by atoms with Crippen molar-refractivity contribution in [1.29, 1.82) is 0 Å². The minimum atomic E-state index is -0.713. The number of nitrogens with one attached hydrogen (secondary N) is 1. The molecule has 1 rings (SSSR count).